The average Bonchev–Trinajstić information content (AvgIpc) is 2.81. The van der Waals surface area contributed by atoms with Crippen LogP contribution in [0.2, 0.25) is 0 Å². The maximum Gasteiger partial charge on any atom is 0.257 e. The first-order valence-electron chi connectivity index (χ1n) is 5.41. The third-order valence-corrected chi connectivity index (χ3v) is 4.80. The number of rotatable bonds is 0. The first-order valence-corrected chi connectivity index (χ1v) is 7.79. The summed E-state index contributed by atoms with van der Waals surface area (Å²) in [5.41, 5.74) is 1.53. The molecule has 2 aliphatic rings. The molecule has 1 aromatic rings. The zero-order chi connectivity index (χ0) is 11.8. The van der Waals surface area contributed by atoms with E-state index in [2.05, 4.69) is 4.99 Å². The number of carbonyl (C=O) groups is 1. The van der Waals surface area contributed by atoms with Crippen LogP contribution in [0.1, 0.15) is 10.4 Å². The van der Waals surface area contributed by atoms with Crippen LogP contribution in [0.15, 0.2) is 29.3 Å². The first kappa shape index (κ1) is 11.2. The summed E-state index contributed by atoms with van der Waals surface area (Å²) >= 11 is 3.44. The Morgan fingerprint density at radius 1 is 1.47 bits per heavy atom. The van der Waals surface area contributed by atoms with Crippen LogP contribution in [-0.2, 0) is 0 Å². The molecule has 0 unspecified atom stereocenters. The predicted octanol–water partition coefficient (Wildman–Crippen LogP) is 2.61. The molecule has 1 aromatic carbocycles. The monoisotopic (exact) mass is 264 g/mol. The molecule has 0 saturated carbocycles. The van der Waals surface area contributed by atoms with Crippen molar-refractivity contribution >= 4 is 40.2 Å². The van der Waals surface area contributed by atoms with Gasteiger partial charge in [-0.25, -0.2) is 4.99 Å². The third kappa shape index (κ3) is 1.77. The van der Waals surface area contributed by atoms with Crippen molar-refractivity contribution in [3.8, 4) is 0 Å². The van der Waals surface area contributed by atoms with E-state index in [4.69, 9.17) is 0 Å². The Balaban J connectivity index is 2.15. The lowest BCUT2D eigenvalue weighted by Gasteiger charge is -2.21. The second kappa shape index (κ2) is 4.38. The van der Waals surface area contributed by atoms with Crippen molar-refractivity contribution < 1.29 is 4.79 Å². The van der Waals surface area contributed by atoms with E-state index >= 15 is 0 Å². The number of amides is 1. The van der Waals surface area contributed by atoms with E-state index < -0.39 is 0 Å². The maximum atomic E-state index is 12.4. The summed E-state index contributed by atoms with van der Waals surface area (Å²) in [7, 11) is 0. The fourth-order valence-electron chi connectivity index (χ4n) is 2.13. The van der Waals surface area contributed by atoms with E-state index in [0.717, 1.165) is 27.9 Å². The number of aliphatic imine (C=N–C) groups is 1. The van der Waals surface area contributed by atoms with Gasteiger partial charge in [-0.05, 0) is 18.4 Å². The molecule has 88 valence electrons. The molecule has 0 aromatic heterocycles. The van der Waals surface area contributed by atoms with Crippen molar-refractivity contribution in [1.82, 2.24) is 4.90 Å². The minimum Gasteiger partial charge on any atom is -0.319 e. The Hall–Kier alpha value is -0.940. The Kier molecular flexibility index (Phi) is 2.88. The summed E-state index contributed by atoms with van der Waals surface area (Å²) in [4.78, 5) is 19.0. The molecule has 1 fully saturated rings. The van der Waals surface area contributed by atoms with E-state index in [1.807, 2.05) is 35.4 Å². The van der Waals surface area contributed by atoms with E-state index in [-0.39, 0.29) is 11.9 Å². The smallest absolute Gasteiger partial charge is 0.257 e. The summed E-state index contributed by atoms with van der Waals surface area (Å²) < 4.78 is 0. The van der Waals surface area contributed by atoms with Gasteiger partial charge >= 0.3 is 0 Å². The topological polar surface area (TPSA) is 32.7 Å². The number of carbonyl (C=O) groups excluding carboxylic acids is 1. The zero-order valence-electron chi connectivity index (χ0n) is 9.42. The van der Waals surface area contributed by atoms with Crippen molar-refractivity contribution in [2.24, 2.45) is 4.99 Å². The molecule has 2 heterocycles. The van der Waals surface area contributed by atoms with Crippen LogP contribution in [0, 0.1) is 0 Å². The van der Waals surface area contributed by atoms with Gasteiger partial charge in [0.25, 0.3) is 5.91 Å². The number of hydrogen-bond donors (Lipinski definition) is 0. The lowest BCUT2D eigenvalue weighted by Crippen LogP contribution is -2.39. The molecular formula is C12H12N2OS2. The SMILES string of the molecule is CSC1=Nc2ccccc2C(=O)N2CSC[C@@H]12. The van der Waals surface area contributed by atoms with Crippen molar-refractivity contribution in [2.45, 2.75) is 6.04 Å². The normalized spacial score (nSPS) is 22.9. The van der Waals surface area contributed by atoms with Gasteiger partial charge in [-0.3, -0.25) is 4.79 Å². The minimum atomic E-state index is 0.114. The van der Waals surface area contributed by atoms with Crippen molar-refractivity contribution in [1.29, 1.82) is 0 Å². The van der Waals surface area contributed by atoms with Crippen molar-refractivity contribution in [3.63, 3.8) is 0 Å². The molecule has 1 saturated heterocycles. The first-order chi connectivity index (χ1) is 8.31. The van der Waals surface area contributed by atoms with Gasteiger partial charge in [0.05, 0.1) is 28.2 Å². The standard InChI is InChI=1S/C12H12N2OS2/c1-16-11-10-6-17-7-14(10)12(15)8-4-2-3-5-9(8)13-11/h2-5,10H,6-7H2,1H3/t10-/m0/s1. The fourth-order valence-corrected chi connectivity index (χ4v) is 4.07. The summed E-state index contributed by atoms with van der Waals surface area (Å²) in [5.74, 6) is 1.85. The molecule has 0 radical (unpaired) electrons. The molecule has 0 aliphatic carbocycles. The summed E-state index contributed by atoms with van der Waals surface area (Å²) in [5, 5.41) is 1.05. The predicted molar refractivity (Wildman–Crippen MR) is 74.3 cm³/mol. The van der Waals surface area contributed by atoms with Gasteiger partial charge < -0.3 is 4.90 Å². The van der Waals surface area contributed by atoms with Crippen LogP contribution in [0.4, 0.5) is 5.69 Å². The molecule has 5 heteroatoms. The molecular weight excluding hydrogens is 252 g/mol. The van der Waals surface area contributed by atoms with Gasteiger partial charge in [0, 0.05) is 5.75 Å². The molecule has 3 nitrogen and oxygen atoms in total. The van der Waals surface area contributed by atoms with E-state index in [9.17, 15) is 4.79 Å². The lowest BCUT2D eigenvalue weighted by molar-refractivity contribution is 0.0784. The Bertz CT molecular complexity index is 501. The van der Waals surface area contributed by atoms with Crippen LogP contribution >= 0.6 is 23.5 Å². The number of benzene rings is 1. The Morgan fingerprint density at radius 2 is 2.29 bits per heavy atom. The van der Waals surface area contributed by atoms with Crippen molar-refractivity contribution in [3.05, 3.63) is 29.8 Å². The van der Waals surface area contributed by atoms with Gasteiger partial charge in [-0.2, -0.15) is 0 Å². The highest BCUT2D eigenvalue weighted by Crippen LogP contribution is 2.33. The van der Waals surface area contributed by atoms with Crippen LogP contribution in [0.5, 0.6) is 0 Å². The maximum absolute atomic E-state index is 12.4. The minimum absolute atomic E-state index is 0.114. The van der Waals surface area contributed by atoms with E-state index in [0.29, 0.717) is 0 Å². The molecule has 1 amide bonds. The van der Waals surface area contributed by atoms with Crippen LogP contribution in [0.25, 0.3) is 0 Å². The lowest BCUT2D eigenvalue weighted by atomic mass is 10.1. The van der Waals surface area contributed by atoms with E-state index in [1.54, 1.807) is 23.5 Å². The summed E-state index contributed by atoms with van der Waals surface area (Å²) in [6.07, 6.45) is 2.03. The Labute approximate surface area is 109 Å². The molecule has 0 spiro atoms. The highest BCUT2D eigenvalue weighted by Gasteiger charge is 2.36. The number of thioether (sulfide) groups is 2. The van der Waals surface area contributed by atoms with Crippen LogP contribution in [0.3, 0.4) is 0 Å². The average molecular weight is 264 g/mol. The number of para-hydroxylation sites is 1. The van der Waals surface area contributed by atoms with Crippen LogP contribution in [-0.4, -0.2) is 39.8 Å². The molecule has 0 N–H and O–H groups in total. The number of hydrogen-bond acceptors (Lipinski definition) is 4. The fraction of sp³-hybridized carbons (Fsp3) is 0.333. The van der Waals surface area contributed by atoms with Gasteiger partial charge in [0.2, 0.25) is 0 Å². The highest BCUT2D eigenvalue weighted by molar-refractivity contribution is 8.13. The third-order valence-electron chi connectivity index (χ3n) is 3.00. The summed E-state index contributed by atoms with van der Waals surface area (Å²) in [6.45, 7) is 0. The van der Waals surface area contributed by atoms with Gasteiger partial charge in [-0.15, -0.1) is 23.5 Å². The van der Waals surface area contributed by atoms with Gasteiger partial charge in [-0.1, -0.05) is 12.1 Å². The molecule has 3 rings (SSSR count). The number of nitrogens with zero attached hydrogens (tertiary/aromatic N) is 2. The molecule has 1 atom stereocenters. The van der Waals surface area contributed by atoms with Gasteiger partial charge in [0.15, 0.2) is 0 Å². The zero-order valence-corrected chi connectivity index (χ0v) is 11.1. The molecule has 17 heavy (non-hydrogen) atoms. The van der Waals surface area contributed by atoms with E-state index in [1.165, 1.54) is 0 Å². The quantitative estimate of drug-likeness (QED) is 0.722. The van der Waals surface area contributed by atoms with Crippen molar-refractivity contribution in [2.75, 3.05) is 17.9 Å². The second-order valence-corrected chi connectivity index (χ2v) is 5.79. The Morgan fingerprint density at radius 3 is 3.12 bits per heavy atom. The van der Waals surface area contributed by atoms with Crippen LogP contribution < -0.4 is 0 Å². The van der Waals surface area contributed by atoms with Gasteiger partial charge in [0.1, 0.15) is 0 Å². The highest BCUT2D eigenvalue weighted by atomic mass is 32.2. The molecule has 0 bridgehead atoms. The molecule has 2 aliphatic heterocycles. The second-order valence-electron chi connectivity index (χ2n) is 3.96. The summed E-state index contributed by atoms with van der Waals surface area (Å²) in [6, 6.07) is 7.77. The number of fused-ring (bicyclic) bond motifs is 2. The largest absolute Gasteiger partial charge is 0.319 e.